The maximum atomic E-state index is 8.52. The van der Waals surface area contributed by atoms with Crippen LogP contribution >= 0.6 is 0 Å². The van der Waals surface area contributed by atoms with Crippen LogP contribution in [-0.2, 0) is 0 Å². The quantitative estimate of drug-likeness (QED) is 0.628. The first-order valence-electron chi connectivity index (χ1n) is 1.72. The normalized spacial score (nSPS) is 8.57. The van der Waals surface area contributed by atoms with Gasteiger partial charge in [0.2, 0.25) is 0 Å². The van der Waals surface area contributed by atoms with Crippen molar-refractivity contribution in [2.24, 2.45) is 0 Å². The summed E-state index contributed by atoms with van der Waals surface area (Å²) in [6.45, 7) is 5.23. The average Bonchev–Trinajstić information content (AvgIpc) is 0.722. The summed E-state index contributed by atoms with van der Waals surface area (Å²) in [5, 5.41) is 8.52. The summed E-state index contributed by atoms with van der Waals surface area (Å²) in [4.78, 5) is 0. The average molecular weight is 353 g/mol. The number of hydrogen-bond donors (Lipinski definition) is 1. The van der Waals surface area contributed by atoms with E-state index in [2.05, 4.69) is 0 Å². The van der Waals surface area contributed by atoms with Crippen LogP contribution in [0.15, 0.2) is 0 Å². The Morgan fingerprint density at radius 2 is 1.14 bits per heavy atom. The summed E-state index contributed by atoms with van der Waals surface area (Å²) in [5.41, 5.74) is -0.500. The van der Waals surface area contributed by atoms with Crippen LogP contribution in [0.1, 0.15) is 26.5 Å². The van der Waals surface area contributed by atoms with Crippen LogP contribution < -0.4 is 0 Å². The first-order valence-corrected chi connectivity index (χ1v) is 1.72. The second-order valence-electron chi connectivity index (χ2n) is 2.17. The molecule has 0 rings (SSSR count). The summed E-state index contributed by atoms with van der Waals surface area (Å²) >= 11 is 0. The first-order chi connectivity index (χ1) is 2.00. The Balaban J connectivity index is -0.00000000533. The Labute approximate surface area is 132 Å². The molecule has 0 fully saturated rings. The minimum atomic E-state index is -0.500. The fourth-order valence-corrected chi connectivity index (χ4v) is 0. The molecule has 0 saturated heterocycles. The maximum Gasteiger partial charge on any atom is 2.00 e. The van der Waals surface area contributed by atoms with E-state index in [1.54, 1.807) is 20.8 Å². The number of hydrogen-bond acceptors (Lipinski definition) is 1. The molecular weight excluding hydrogens is 339 g/mol. The van der Waals surface area contributed by atoms with Gasteiger partial charge in [-0.05, 0) is 20.8 Å². The van der Waals surface area contributed by atoms with Crippen LogP contribution in [-0.4, -0.2) is 108 Å². The van der Waals surface area contributed by atoms with E-state index >= 15 is 0 Å². The van der Waals surface area contributed by atoms with Crippen LogP contribution in [0.25, 0.3) is 0 Å². The van der Waals surface area contributed by atoms with E-state index < -0.39 is 5.60 Å². The van der Waals surface area contributed by atoms with Gasteiger partial charge in [0.05, 0.1) is 5.60 Å². The van der Waals surface area contributed by atoms with Crippen molar-refractivity contribution in [1.82, 2.24) is 0 Å². The Morgan fingerprint density at radius 1 is 1.14 bits per heavy atom. The molecule has 0 bridgehead atoms. The van der Waals surface area contributed by atoms with Gasteiger partial charge in [0.15, 0.2) is 0 Å². The van der Waals surface area contributed by atoms with Gasteiger partial charge >= 0.3 is 97.8 Å². The maximum absolute atomic E-state index is 8.52. The smallest absolute Gasteiger partial charge is 1.00 e. The molecule has 0 aromatic carbocycles. The van der Waals surface area contributed by atoms with Crippen LogP contribution in [0.5, 0.6) is 0 Å². The Morgan fingerprint density at radius 3 is 1.14 bits per heavy atom. The third-order valence-electron chi connectivity index (χ3n) is 0. The van der Waals surface area contributed by atoms with E-state index in [9.17, 15) is 0 Å². The summed E-state index contributed by atoms with van der Waals surface area (Å²) in [6.07, 6.45) is 0. The second-order valence-corrected chi connectivity index (χ2v) is 2.17. The molecule has 0 unspecified atom stereocenters. The molecule has 0 aromatic heterocycles. The summed E-state index contributed by atoms with van der Waals surface area (Å²) in [5.74, 6) is 0. The first kappa shape index (κ1) is 16.6. The van der Waals surface area contributed by atoms with E-state index in [1.165, 1.54) is 0 Å². The minimum Gasteiger partial charge on any atom is -1.00 e. The van der Waals surface area contributed by atoms with Gasteiger partial charge < -0.3 is 10.8 Å². The van der Waals surface area contributed by atoms with Crippen LogP contribution in [0, 0.1) is 0 Å². The standard InChI is InChI=1S/C4H10O.2Ba.4H/c1-4(2,3)5;;;;;;/h5H,1-3H3;;;;;;/q;2*+2;4*-1. The molecule has 7 heavy (non-hydrogen) atoms. The Hall–Kier alpha value is 3.10. The molecule has 1 nitrogen and oxygen atoms in total. The van der Waals surface area contributed by atoms with Crippen molar-refractivity contribution in [3.8, 4) is 0 Å². The monoisotopic (exact) mass is 354 g/mol. The van der Waals surface area contributed by atoms with E-state index in [0.29, 0.717) is 0 Å². The third-order valence-corrected chi connectivity index (χ3v) is 0. The topological polar surface area (TPSA) is 20.2 Å². The van der Waals surface area contributed by atoms with E-state index in [0.717, 1.165) is 0 Å². The molecule has 0 radical (unpaired) electrons. The molecule has 0 atom stereocenters. The zero-order chi connectivity index (χ0) is 4.50. The Bertz CT molecular complexity index is 35.6. The largest absolute Gasteiger partial charge is 2.00 e. The summed E-state index contributed by atoms with van der Waals surface area (Å²) < 4.78 is 0. The van der Waals surface area contributed by atoms with Gasteiger partial charge in [-0.3, -0.25) is 0 Å². The molecule has 0 saturated carbocycles. The van der Waals surface area contributed by atoms with Crippen LogP contribution in [0.2, 0.25) is 0 Å². The predicted octanol–water partition coefficient (Wildman–Crippen LogP) is 0.466. The van der Waals surface area contributed by atoms with Crippen LogP contribution in [0.3, 0.4) is 0 Å². The van der Waals surface area contributed by atoms with Crippen molar-refractivity contribution >= 4 is 97.8 Å². The van der Waals surface area contributed by atoms with Gasteiger partial charge in [-0.15, -0.1) is 0 Å². The van der Waals surface area contributed by atoms with Gasteiger partial charge in [-0.25, -0.2) is 0 Å². The zero-order valence-corrected chi connectivity index (χ0v) is 14.2. The predicted molar refractivity (Wildman–Crippen MR) is 37.9 cm³/mol. The van der Waals surface area contributed by atoms with Crippen molar-refractivity contribution in [3.63, 3.8) is 0 Å². The van der Waals surface area contributed by atoms with Crippen molar-refractivity contribution < 1.29 is 10.8 Å². The van der Waals surface area contributed by atoms with Gasteiger partial charge in [0.1, 0.15) is 0 Å². The van der Waals surface area contributed by atoms with Crippen molar-refractivity contribution in [2.45, 2.75) is 26.4 Å². The van der Waals surface area contributed by atoms with Crippen LogP contribution in [0.4, 0.5) is 0 Å². The zero-order valence-electron chi connectivity index (χ0n) is 9.36. The molecule has 0 heterocycles. The van der Waals surface area contributed by atoms with Gasteiger partial charge in [0, 0.05) is 0 Å². The molecule has 0 amide bonds. The molecule has 0 aliphatic rings. The summed E-state index contributed by atoms with van der Waals surface area (Å²) in [6, 6.07) is 0. The second kappa shape index (κ2) is 7.21. The SMILES string of the molecule is CC(C)(C)O.[Ba+2].[Ba+2].[H-].[H-].[H-].[H-]. The van der Waals surface area contributed by atoms with E-state index in [1.807, 2.05) is 0 Å². The molecule has 0 spiro atoms. The molecule has 1 N–H and O–H groups in total. The van der Waals surface area contributed by atoms with E-state index in [4.69, 9.17) is 5.11 Å². The van der Waals surface area contributed by atoms with Crippen molar-refractivity contribution in [2.75, 3.05) is 0 Å². The number of aliphatic hydroxyl groups is 1. The van der Waals surface area contributed by atoms with Crippen molar-refractivity contribution in [3.05, 3.63) is 0 Å². The van der Waals surface area contributed by atoms with Gasteiger partial charge in [-0.2, -0.15) is 0 Å². The van der Waals surface area contributed by atoms with Gasteiger partial charge in [0.25, 0.3) is 0 Å². The van der Waals surface area contributed by atoms with E-state index in [-0.39, 0.29) is 103 Å². The summed E-state index contributed by atoms with van der Waals surface area (Å²) in [7, 11) is 0. The van der Waals surface area contributed by atoms with Crippen molar-refractivity contribution in [1.29, 1.82) is 0 Å². The molecule has 0 aromatic rings. The van der Waals surface area contributed by atoms with Gasteiger partial charge in [-0.1, -0.05) is 0 Å². The molecule has 0 aliphatic heterocycles. The molecule has 40 valence electrons. The Kier molecular flexibility index (Phi) is 17.1. The molecular formula is C4H14Ba2O. The molecule has 3 heteroatoms. The fourth-order valence-electron chi connectivity index (χ4n) is 0. The third kappa shape index (κ3) is 47.7. The minimum absolute atomic E-state index is 0. The fraction of sp³-hybridized carbons (Fsp3) is 1.00. The number of rotatable bonds is 0. The molecule has 0 aliphatic carbocycles.